The molecule has 0 spiro atoms. The number of aromatic hydroxyl groups is 1. The number of benzene rings is 4. The Morgan fingerprint density at radius 2 is 1.57 bits per heavy atom. The lowest BCUT2D eigenvalue weighted by molar-refractivity contribution is -0.131. The van der Waals surface area contributed by atoms with Crippen molar-refractivity contribution >= 4 is 29.1 Å². The van der Waals surface area contributed by atoms with Gasteiger partial charge in [-0.25, -0.2) is 13.8 Å². The molecule has 0 aliphatic carbocycles. The van der Waals surface area contributed by atoms with Gasteiger partial charge in [0, 0.05) is 99.2 Å². The number of nitrogens with zero attached hydrogens (tertiary/aromatic N) is 7. The van der Waals surface area contributed by atoms with Gasteiger partial charge in [0.15, 0.2) is 5.82 Å². The van der Waals surface area contributed by atoms with Crippen LogP contribution in [0.15, 0.2) is 97.2 Å². The summed E-state index contributed by atoms with van der Waals surface area (Å²) in [6.45, 7) is 9.70. The predicted molar refractivity (Wildman–Crippen MR) is 277 cm³/mol. The molecule has 4 aromatic carbocycles. The van der Waals surface area contributed by atoms with Gasteiger partial charge in [0.2, 0.25) is 11.8 Å². The smallest absolute Gasteiger partial charge is 0.264 e. The van der Waals surface area contributed by atoms with E-state index in [-0.39, 0.29) is 53.7 Å². The van der Waals surface area contributed by atoms with Crippen LogP contribution in [0.2, 0.25) is 0 Å². The lowest BCUT2D eigenvalue weighted by atomic mass is 9.89. The molecule has 0 saturated carbocycles. The molecule has 2 saturated heterocycles. The van der Waals surface area contributed by atoms with Crippen molar-refractivity contribution in [1.82, 2.24) is 29.2 Å². The molecule has 0 bridgehead atoms. The first-order chi connectivity index (χ1) is 35.9. The van der Waals surface area contributed by atoms with Gasteiger partial charge in [-0.3, -0.25) is 24.2 Å². The minimum Gasteiger partial charge on any atom is -0.508 e. The van der Waals surface area contributed by atoms with E-state index in [1.165, 1.54) is 54.5 Å². The number of anilines is 2. The monoisotopic (exact) mass is 1010 g/mol. The molecule has 14 nitrogen and oxygen atoms in total. The van der Waals surface area contributed by atoms with Crippen LogP contribution in [0.3, 0.4) is 0 Å². The zero-order valence-corrected chi connectivity index (χ0v) is 42.3. The quantitative estimate of drug-likeness (QED) is 0.114. The van der Waals surface area contributed by atoms with E-state index in [0.29, 0.717) is 91.8 Å². The molecule has 1 atom stereocenters. The Morgan fingerprint density at radius 1 is 0.797 bits per heavy atom. The molecule has 16 heteroatoms. The van der Waals surface area contributed by atoms with E-state index in [2.05, 4.69) is 33.0 Å². The van der Waals surface area contributed by atoms with Gasteiger partial charge >= 0.3 is 0 Å². The van der Waals surface area contributed by atoms with Crippen molar-refractivity contribution in [3.63, 3.8) is 0 Å². The van der Waals surface area contributed by atoms with Crippen LogP contribution in [0.25, 0.3) is 11.3 Å². The largest absolute Gasteiger partial charge is 0.508 e. The fourth-order valence-corrected chi connectivity index (χ4v) is 10.9. The maximum Gasteiger partial charge on any atom is 0.264 e. The second-order valence-corrected chi connectivity index (χ2v) is 19.8. The van der Waals surface area contributed by atoms with Crippen LogP contribution in [0, 0.1) is 18.6 Å². The third-order valence-electron chi connectivity index (χ3n) is 15.2. The predicted octanol–water partition coefficient (Wildman–Crippen LogP) is 8.26. The Labute approximate surface area is 430 Å². The number of likely N-dealkylation sites (tertiary alicyclic amines) is 1. The van der Waals surface area contributed by atoms with Gasteiger partial charge in [-0.05, 0) is 122 Å². The van der Waals surface area contributed by atoms with Crippen LogP contribution in [0.1, 0.15) is 73.5 Å². The van der Waals surface area contributed by atoms with Gasteiger partial charge in [-0.2, -0.15) is 0 Å². The fraction of sp³-hybridized carbons (Fsp3) is 0.379. The Bertz CT molecular complexity index is 3040. The number of fused-ring (bicyclic) bond motifs is 2. The second kappa shape index (κ2) is 22.1. The van der Waals surface area contributed by atoms with Crippen molar-refractivity contribution in [2.75, 3.05) is 77.6 Å². The lowest BCUT2D eigenvalue weighted by Gasteiger charge is -2.41. The topological polar surface area (TPSA) is 133 Å². The number of rotatable bonds is 14. The molecule has 3 amide bonds. The zero-order chi connectivity index (χ0) is 51.5. The average Bonchev–Trinajstić information content (AvgIpc) is 3.73. The van der Waals surface area contributed by atoms with E-state index >= 15 is 18.4 Å². The highest BCUT2D eigenvalue weighted by atomic mass is 19.1. The maximum atomic E-state index is 15.7. The van der Waals surface area contributed by atoms with Crippen molar-refractivity contribution < 1.29 is 42.5 Å². The average molecular weight is 1010 g/mol. The maximum absolute atomic E-state index is 15.7. The number of carbonyl (C=O) groups excluding carboxylic acids is 3. The van der Waals surface area contributed by atoms with Crippen molar-refractivity contribution in [3.8, 4) is 28.6 Å². The number of hydrogen-bond donors (Lipinski definition) is 1. The molecule has 10 rings (SSSR count). The molecule has 4 aliphatic heterocycles. The minimum atomic E-state index is -0.759. The van der Waals surface area contributed by atoms with E-state index < -0.39 is 17.5 Å². The Hall–Kier alpha value is -7.14. The van der Waals surface area contributed by atoms with Gasteiger partial charge in [-0.15, -0.1) is 0 Å². The van der Waals surface area contributed by atoms with Crippen LogP contribution in [-0.4, -0.2) is 131 Å². The SMILES string of the molecule is COc1ncc(N(C(=O)c2cc(-c3cc4c(cc3C(=O)N3Cc5ccccc5C[C@H]3CN3CCCCC3)CN(C(=O)Cc3ccc(OCCN5CCOCC5)cc3F)CC4)n(C)c2C)c2ccc(O)cc2)cc1F. The van der Waals surface area contributed by atoms with Crippen LogP contribution in [0.5, 0.6) is 17.4 Å². The van der Waals surface area contributed by atoms with Gasteiger partial charge in [0.05, 0.1) is 44.2 Å². The summed E-state index contributed by atoms with van der Waals surface area (Å²) in [5.41, 5.74) is 7.46. The summed E-state index contributed by atoms with van der Waals surface area (Å²) in [7, 11) is 3.17. The summed E-state index contributed by atoms with van der Waals surface area (Å²) in [6.07, 6.45) is 5.83. The molecule has 0 radical (unpaired) electrons. The van der Waals surface area contributed by atoms with E-state index in [1.807, 2.05) is 41.6 Å². The summed E-state index contributed by atoms with van der Waals surface area (Å²) in [4.78, 5) is 58.8. The number of carbonyl (C=O) groups is 3. The molecule has 6 heterocycles. The highest BCUT2D eigenvalue weighted by Crippen LogP contribution is 2.38. The number of phenols is 1. The fourth-order valence-electron chi connectivity index (χ4n) is 10.9. The molecule has 1 N–H and O–H groups in total. The van der Waals surface area contributed by atoms with E-state index in [4.69, 9.17) is 14.2 Å². The number of halogens is 2. The first kappa shape index (κ1) is 50.4. The van der Waals surface area contributed by atoms with Crippen LogP contribution < -0.4 is 14.4 Å². The number of phenolic OH excluding ortho intramolecular Hbond substituents is 1. The third kappa shape index (κ3) is 10.8. The Balaban J connectivity index is 0.987. The number of hydrogen-bond acceptors (Lipinski definition) is 10. The van der Waals surface area contributed by atoms with E-state index in [9.17, 15) is 9.90 Å². The Morgan fingerprint density at radius 3 is 2.31 bits per heavy atom. The van der Waals surface area contributed by atoms with E-state index in [1.54, 1.807) is 35.2 Å². The zero-order valence-electron chi connectivity index (χ0n) is 42.3. The molecule has 386 valence electrons. The molecule has 4 aliphatic rings. The number of aromatic nitrogens is 2. The van der Waals surface area contributed by atoms with Gasteiger partial charge in [0.25, 0.3) is 11.8 Å². The first-order valence-electron chi connectivity index (χ1n) is 25.7. The van der Waals surface area contributed by atoms with Crippen molar-refractivity contribution in [1.29, 1.82) is 0 Å². The van der Waals surface area contributed by atoms with E-state index in [0.717, 1.165) is 62.3 Å². The van der Waals surface area contributed by atoms with Crippen LogP contribution in [-0.2, 0) is 48.9 Å². The molecule has 2 aromatic heterocycles. The second-order valence-electron chi connectivity index (χ2n) is 19.8. The molecule has 6 aromatic rings. The van der Waals surface area contributed by atoms with Gasteiger partial charge < -0.3 is 38.6 Å². The highest BCUT2D eigenvalue weighted by Gasteiger charge is 2.36. The summed E-state index contributed by atoms with van der Waals surface area (Å²) in [6, 6.07) is 25.8. The van der Waals surface area contributed by atoms with Crippen molar-refractivity contribution in [2.24, 2.45) is 7.05 Å². The number of methoxy groups -OCH3 is 1. The van der Waals surface area contributed by atoms with Crippen molar-refractivity contribution in [2.45, 2.75) is 64.6 Å². The number of piperidine rings is 1. The lowest BCUT2D eigenvalue weighted by Crippen LogP contribution is -2.51. The standard InChI is InChI=1S/C58H63F2N7O7/c1-38-49(58(71)67(44-12-14-47(68)15-13-44)45-31-53(60)56(72-3)61-34-45)33-54(62(38)2)50-28-40-17-20-65(55(69)30-41-11-16-48(32-52(41)59)74-26-23-63-21-24-73-25-22-63)35-43(40)29-51(50)57(70)66-36-42-10-6-5-9-39(42)27-46(66)37-64-18-7-4-8-19-64/h5-6,9-16,28-29,31-34,46,68H,4,7-8,17-27,30,35-37H2,1-3H3/t46-/m0/s1. The number of ether oxygens (including phenoxy) is 3. The number of morpholine rings is 1. The summed E-state index contributed by atoms with van der Waals surface area (Å²) < 4.78 is 49.2. The molecule has 74 heavy (non-hydrogen) atoms. The highest BCUT2D eigenvalue weighted by molar-refractivity contribution is 6.12. The summed E-state index contributed by atoms with van der Waals surface area (Å²) in [5, 5.41) is 10.2. The minimum absolute atomic E-state index is 0.00814. The number of amides is 3. The summed E-state index contributed by atoms with van der Waals surface area (Å²) >= 11 is 0. The number of pyridine rings is 1. The van der Waals surface area contributed by atoms with Crippen LogP contribution in [0.4, 0.5) is 20.2 Å². The van der Waals surface area contributed by atoms with Crippen LogP contribution >= 0.6 is 0 Å². The Kier molecular flexibility index (Phi) is 15.1. The molecule has 2 fully saturated rings. The molecule has 0 unspecified atom stereocenters. The molecular formula is C58H63F2N7O7. The van der Waals surface area contributed by atoms with Crippen molar-refractivity contribution in [3.05, 3.63) is 153 Å². The summed E-state index contributed by atoms with van der Waals surface area (Å²) in [5.74, 6) is -1.96. The normalized spacial score (nSPS) is 17.1. The molecular weight excluding hydrogens is 945 g/mol. The van der Waals surface area contributed by atoms with Gasteiger partial charge in [0.1, 0.15) is 23.9 Å². The van der Waals surface area contributed by atoms with Gasteiger partial charge in [-0.1, -0.05) is 36.8 Å². The first-order valence-corrected chi connectivity index (χ1v) is 25.7. The third-order valence-corrected chi connectivity index (χ3v) is 15.2.